The maximum absolute atomic E-state index is 11.2. The molecule has 0 atom stereocenters. The van der Waals surface area contributed by atoms with Crippen LogP contribution in [0.4, 0.5) is 4.79 Å². The second kappa shape index (κ2) is 3.64. The van der Waals surface area contributed by atoms with E-state index in [2.05, 4.69) is 5.32 Å². The van der Waals surface area contributed by atoms with E-state index in [0.717, 1.165) is 12.1 Å². The van der Waals surface area contributed by atoms with E-state index in [1.807, 2.05) is 39.0 Å². The lowest BCUT2D eigenvalue weighted by atomic mass is 10.2. The van der Waals surface area contributed by atoms with E-state index >= 15 is 0 Å². The summed E-state index contributed by atoms with van der Waals surface area (Å²) in [6.07, 6.45) is 6.14. The van der Waals surface area contributed by atoms with E-state index in [-0.39, 0.29) is 6.09 Å². The highest BCUT2D eigenvalue weighted by Crippen LogP contribution is 2.10. The van der Waals surface area contributed by atoms with Crippen molar-refractivity contribution in [3.8, 4) is 0 Å². The Balaban J connectivity index is 2.34. The van der Waals surface area contributed by atoms with Gasteiger partial charge in [-0.1, -0.05) is 12.2 Å². The van der Waals surface area contributed by atoms with Crippen LogP contribution in [0.3, 0.4) is 0 Å². The number of carbonyl (C=O) groups excluding carboxylic acids is 1. The molecule has 13 heavy (non-hydrogen) atoms. The molecule has 3 heteroatoms. The highest BCUT2D eigenvalue weighted by atomic mass is 16.6. The first-order valence-corrected chi connectivity index (χ1v) is 4.33. The van der Waals surface area contributed by atoms with E-state index in [1.165, 1.54) is 0 Å². The van der Waals surface area contributed by atoms with Crippen LogP contribution in [0, 0.1) is 0 Å². The van der Waals surface area contributed by atoms with Gasteiger partial charge < -0.3 is 4.74 Å². The Hall–Kier alpha value is -1.25. The Bertz CT molecular complexity index is 259. The highest BCUT2D eigenvalue weighted by molar-refractivity contribution is 5.70. The SMILES string of the molecule is CC(C)(C)OC(=O)NC1=CC=CC1. The standard InChI is InChI=1S/C10H15NO2/c1-10(2,3)13-9(12)11-8-6-4-5-7-8/h4-6H,7H2,1-3H3,(H,11,12). The zero-order valence-electron chi connectivity index (χ0n) is 8.26. The van der Waals surface area contributed by atoms with E-state index in [1.54, 1.807) is 0 Å². The summed E-state index contributed by atoms with van der Waals surface area (Å²) >= 11 is 0. The summed E-state index contributed by atoms with van der Waals surface area (Å²) in [6, 6.07) is 0. The minimum absolute atomic E-state index is 0.387. The van der Waals surface area contributed by atoms with Gasteiger partial charge in [0.1, 0.15) is 5.60 Å². The Morgan fingerprint density at radius 2 is 2.23 bits per heavy atom. The summed E-state index contributed by atoms with van der Waals surface area (Å²) < 4.78 is 5.08. The van der Waals surface area contributed by atoms with Gasteiger partial charge in [-0.15, -0.1) is 0 Å². The van der Waals surface area contributed by atoms with E-state index in [4.69, 9.17) is 4.74 Å². The number of ether oxygens (including phenoxy) is 1. The topological polar surface area (TPSA) is 38.3 Å². The van der Waals surface area contributed by atoms with Gasteiger partial charge in [0, 0.05) is 12.1 Å². The van der Waals surface area contributed by atoms with Gasteiger partial charge in [0.25, 0.3) is 0 Å². The Labute approximate surface area is 78.5 Å². The van der Waals surface area contributed by atoms with Crippen molar-refractivity contribution in [3.63, 3.8) is 0 Å². The molecule has 0 aromatic rings. The summed E-state index contributed by atoms with van der Waals surface area (Å²) in [6.45, 7) is 5.52. The van der Waals surface area contributed by atoms with Gasteiger partial charge in [0.2, 0.25) is 0 Å². The van der Waals surface area contributed by atoms with Gasteiger partial charge in [0.15, 0.2) is 0 Å². The average Bonchev–Trinajstić information content (AvgIpc) is 2.34. The van der Waals surface area contributed by atoms with Crippen LogP contribution >= 0.6 is 0 Å². The molecule has 1 rings (SSSR count). The number of hydrogen-bond acceptors (Lipinski definition) is 2. The van der Waals surface area contributed by atoms with Crippen molar-refractivity contribution in [2.24, 2.45) is 0 Å². The molecule has 0 spiro atoms. The first-order valence-electron chi connectivity index (χ1n) is 4.33. The molecule has 72 valence electrons. The molecule has 0 bridgehead atoms. The van der Waals surface area contributed by atoms with Gasteiger partial charge in [-0.2, -0.15) is 0 Å². The molecule has 0 unspecified atom stereocenters. The van der Waals surface area contributed by atoms with Crippen LogP contribution in [0.25, 0.3) is 0 Å². The molecule has 1 aliphatic carbocycles. The van der Waals surface area contributed by atoms with Crippen LogP contribution in [0.1, 0.15) is 27.2 Å². The fourth-order valence-electron chi connectivity index (χ4n) is 0.975. The third-order valence-corrected chi connectivity index (χ3v) is 1.43. The van der Waals surface area contributed by atoms with E-state index < -0.39 is 5.60 Å². The van der Waals surface area contributed by atoms with E-state index in [0.29, 0.717) is 0 Å². The van der Waals surface area contributed by atoms with Crippen LogP contribution in [-0.4, -0.2) is 11.7 Å². The zero-order valence-corrected chi connectivity index (χ0v) is 8.26. The number of nitrogens with one attached hydrogen (secondary N) is 1. The van der Waals surface area contributed by atoms with Crippen LogP contribution in [0.15, 0.2) is 23.9 Å². The quantitative estimate of drug-likeness (QED) is 0.674. The molecular formula is C10H15NO2. The highest BCUT2D eigenvalue weighted by Gasteiger charge is 2.16. The maximum atomic E-state index is 11.2. The fourth-order valence-corrected chi connectivity index (χ4v) is 0.975. The van der Waals surface area contributed by atoms with Crippen molar-refractivity contribution in [1.29, 1.82) is 0 Å². The Morgan fingerprint density at radius 1 is 1.54 bits per heavy atom. The molecule has 1 amide bonds. The van der Waals surface area contributed by atoms with Gasteiger partial charge in [0.05, 0.1) is 0 Å². The van der Waals surface area contributed by atoms with Crippen LogP contribution < -0.4 is 5.32 Å². The lowest BCUT2D eigenvalue weighted by molar-refractivity contribution is 0.0545. The summed E-state index contributed by atoms with van der Waals surface area (Å²) in [5.74, 6) is 0. The summed E-state index contributed by atoms with van der Waals surface area (Å²) in [5.41, 5.74) is 0.450. The molecule has 3 nitrogen and oxygen atoms in total. The van der Waals surface area contributed by atoms with Crippen molar-refractivity contribution in [3.05, 3.63) is 23.9 Å². The van der Waals surface area contributed by atoms with E-state index in [9.17, 15) is 4.79 Å². The molecule has 0 aromatic heterocycles. The Morgan fingerprint density at radius 3 is 2.69 bits per heavy atom. The van der Waals surface area contributed by atoms with Crippen LogP contribution in [0.5, 0.6) is 0 Å². The number of rotatable bonds is 1. The molecule has 1 N–H and O–H groups in total. The average molecular weight is 181 g/mol. The molecule has 0 fully saturated rings. The number of hydrogen-bond donors (Lipinski definition) is 1. The monoisotopic (exact) mass is 181 g/mol. The third kappa shape index (κ3) is 3.78. The lowest BCUT2D eigenvalue weighted by Gasteiger charge is -2.19. The second-order valence-corrected chi connectivity index (χ2v) is 3.95. The van der Waals surface area contributed by atoms with Crippen molar-refractivity contribution in [1.82, 2.24) is 5.32 Å². The van der Waals surface area contributed by atoms with Gasteiger partial charge in [-0.05, 0) is 26.8 Å². The molecule has 1 aliphatic rings. The number of carbonyl (C=O) groups is 1. The largest absolute Gasteiger partial charge is 0.444 e. The fraction of sp³-hybridized carbons (Fsp3) is 0.500. The number of allylic oxidation sites excluding steroid dienone is 3. The van der Waals surface area contributed by atoms with Crippen molar-refractivity contribution >= 4 is 6.09 Å². The summed E-state index contributed by atoms with van der Waals surface area (Å²) in [5, 5.41) is 2.67. The van der Waals surface area contributed by atoms with Crippen LogP contribution in [0.2, 0.25) is 0 Å². The van der Waals surface area contributed by atoms with Crippen molar-refractivity contribution in [2.75, 3.05) is 0 Å². The number of alkyl carbamates (subject to hydrolysis) is 1. The molecule has 0 radical (unpaired) electrons. The van der Waals surface area contributed by atoms with Gasteiger partial charge in [-0.3, -0.25) is 5.32 Å². The van der Waals surface area contributed by atoms with Gasteiger partial charge >= 0.3 is 6.09 Å². The molecule has 0 aromatic carbocycles. The molecular weight excluding hydrogens is 166 g/mol. The normalized spacial score (nSPS) is 15.5. The second-order valence-electron chi connectivity index (χ2n) is 3.95. The van der Waals surface area contributed by atoms with Crippen molar-refractivity contribution < 1.29 is 9.53 Å². The molecule has 0 saturated carbocycles. The maximum Gasteiger partial charge on any atom is 0.411 e. The van der Waals surface area contributed by atoms with Crippen LogP contribution in [-0.2, 0) is 4.74 Å². The minimum Gasteiger partial charge on any atom is -0.444 e. The van der Waals surface area contributed by atoms with Gasteiger partial charge in [-0.25, -0.2) is 4.79 Å². The smallest absolute Gasteiger partial charge is 0.411 e. The third-order valence-electron chi connectivity index (χ3n) is 1.43. The lowest BCUT2D eigenvalue weighted by Crippen LogP contribution is -2.31. The predicted octanol–water partition coefficient (Wildman–Crippen LogP) is 2.35. The molecule has 0 aliphatic heterocycles. The first kappa shape index (κ1) is 9.84. The summed E-state index contributed by atoms with van der Waals surface area (Å²) in [7, 11) is 0. The number of amides is 1. The molecule has 0 heterocycles. The first-order chi connectivity index (χ1) is 5.97. The minimum atomic E-state index is -0.434. The summed E-state index contributed by atoms with van der Waals surface area (Å²) in [4.78, 5) is 11.2. The van der Waals surface area contributed by atoms with Crippen molar-refractivity contribution in [2.45, 2.75) is 32.8 Å². The molecule has 0 saturated heterocycles. The predicted molar refractivity (Wildman–Crippen MR) is 51.2 cm³/mol. The Kier molecular flexibility index (Phi) is 2.76. The zero-order chi connectivity index (χ0) is 9.90.